The number of hydrogen-bond donors (Lipinski definition) is 1. The van der Waals surface area contributed by atoms with E-state index in [-0.39, 0.29) is 5.91 Å². The molecular weight excluding hydrogens is 174 g/mol. The largest absolute Gasteiger partial charge is 0.353 e. The van der Waals surface area contributed by atoms with E-state index in [9.17, 15) is 4.79 Å². The van der Waals surface area contributed by atoms with Crippen LogP contribution in [0.1, 0.15) is 32.6 Å². The molecule has 12 heavy (non-hydrogen) atoms. The third-order valence-corrected chi connectivity index (χ3v) is 2.54. The molecule has 0 bridgehead atoms. The molecule has 0 aliphatic heterocycles. The van der Waals surface area contributed by atoms with Crippen LogP contribution in [0.15, 0.2) is 0 Å². The first-order chi connectivity index (χ1) is 5.72. The highest BCUT2D eigenvalue weighted by Gasteiger charge is 2.25. The molecule has 1 rings (SSSR count). The van der Waals surface area contributed by atoms with Crippen molar-refractivity contribution in [2.45, 2.75) is 38.6 Å². The van der Waals surface area contributed by atoms with Gasteiger partial charge in [0.15, 0.2) is 0 Å². The Bertz CT molecular complexity index is 155. The van der Waals surface area contributed by atoms with Crippen molar-refractivity contribution in [2.24, 2.45) is 5.92 Å². The highest BCUT2D eigenvalue weighted by atomic mass is 35.5. The zero-order chi connectivity index (χ0) is 8.97. The van der Waals surface area contributed by atoms with Crippen LogP contribution >= 0.6 is 11.6 Å². The van der Waals surface area contributed by atoms with E-state index in [4.69, 9.17) is 11.6 Å². The summed E-state index contributed by atoms with van der Waals surface area (Å²) in [7, 11) is 0. The maximum absolute atomic E-state index is 11.1. The molecule has 0 aromatic rings. The predicted octanol–water partition coefficient (Wildman–Crippen LogP) is 1.92. The topological polar surface area (TPSA) is 29.1 Å². The van der Waals surface area contributed by atoms with Gasteiger partial charge in [-0.3, -0.25) is 4.79 Å². The fraction of sp³-hybridized carbons (Fsp3) is 0.889. The molecule has 70 valence electrons. The average Bonchev–Trinajstić information content (AvgIpc) is 1.98. The SMILES string of the molecule is CC1CC(NC(=O)CCCCl)C1. The van der Waals surface area contributed by atoms with Crippen LogP contribution in [0.25, 0.3) is 0 Å². The number of carbonyl (C=O) groups excluding carboxylic acids is 1. The van der Waals surface area contributed by atoms with Gasteiger partial charge in [0, 0.05) is 18.3 Å². The van der Waals surface area contributed by atoms with Crippen molar-refractivity contribution >= 4 is 17.5 Å². The summed E-state index contributed by atoms with van der Waals surface area (Å²) in [5.41, 5.74) is 0. The van der Waals surface area contributed by atoms with Gasteiger partial charge in [0.1, 0.15) is 0 Å². The van der Waals surface area contributed by atoms with Crippen molar-refractivity contribution in [3.63, 3.8) is 0 Å². The number of nitrogens with one attached hydrogen (secondary N) is 1. The average molecular weight is 190 g/mol. The fourth-order valence-electron chi connectivity index (χ4n) is 1.55. The number of carbonyl (C=O) groups is 1. The Labute approximate surface area is 78.7 Å². The van der Waals surface area contributed by atoms with Crippen LogP contribution < -0.4 is 5.32 Å². The molecule has 0 atom stereocenters. The van der Waals surface area contributed by atoms with Crippen LogP contribution in [-0.2, 0) is 4.79 Å². The standard InChI is InChI=1S/C9H16ClNO/c1-7-5-8(6-7)11-9(12)3-2-4-10/h7-8H,2-6H2,1H3,(H,11,12). The van der Waals surface area contributed by atoms with Crippen LogP contribution in [0.2, 0.25) is 0 Å². The summed E-state index contributed by atoms with van der Waals surface area (Å²) in [5.74, 6) is 1.53. The normalized spacial score (nSPS) is 27.8. The van der Waals surface area contributed by atoms with Gasteiger partial charge >= 0.3 is 0 Å². The minimum absolute atomic E-state index is 0.160. The fourth-order valence-corrected chi connectivity index (χ4v) is 1.68. The van der Waals surface area contributed by atoms with Crippen LogP contribution in [0.3, 0.4) is 0 Å². The molecule has 1 aliphatic rings. The van der Waals surface area contributed by atoms with Crippen LogP contribution in [0.4, 0.5) is 0 Å². The van der Waals surface area contributed by atoms with Crippen molar-refractivity contribution in [3.05, 3.63) is 0 Å². The molecule has 2 nitrogen and oxygen atoms in total. The van der Waals surface area contributed by atoms with Crippen LogP contribution in [0.5, 0.6) is 0 Å². The Kier molecular flexibility index (Phi) is 3.86. The molecule has 3 heteroatoms. The monoisotopic (exact) mass is 189 g/mol. The number of hydrogen-bond acceptors (Lipinski definition) is 1. The maximum atomic E-state index is 11.1. The van der Waals surface area contributed by atoms with E-state index in [1.807, 2.05) is 0 Å². The Morgan fingerprint density at radius 3 is 2.75 bits per heavy atom. The lowest BCUT2D eigenvalue weighted by Gasteiger charge is -2.33. The summed E-state index contributed by atoms with van der Waals surface area (Å²) >= 11 is 5.47. The first kappa shape index (κ1) is 9.85. The van der Waals surface area contributed by atoms with Gasteiger partial charge in [0.2, 0.25) is 5.91 Å². The summed E-state index contributed by atoms with van der Waals surface area (Å²) in [6.45, 7) is 2.21. The minimum Gasteiger partial charge on any atom is -0.353 e. The van der Waals surface area contributed by atoms with E-state index in [2.05, 4.69) is 12.2 Å². The lowest BCUT2D eigenvalue weighted by Crippen LogP contribution is -2.43. The van der Waals surface area contributed by atoms with E-state index in [0.29, 0.717) is 18.3 Å². The molecule has 0 radical (unpaired) electrons. The Morgan fingerprint density at radius 1 is 1.58 bits per heavy atom. The number of rotatable bonds is 4. The third-order valence-electron chi connectivity index (χ3n) is 2.28. The van der Waals surface area contributed by atoms with Crippen LogP contribution in [0, 0.1) is 5.92 Å². The Hall–Kier alpha value is -0.240. The number of amides is 1. The molecular formula is C9H16ClNO. The van der Waals surface area contributed by atoms with Crippen molar-refractivity contribution in [3.8, 4) is 0 Å². The van der Waals surface area contributed by atoms with Crippen LogP contribution in [-0.4, -0.2) is 17.8 Å². The summed E-state index contributed by atoms with van der Waals surface area (Å²) in [4.78, 5) is 11.1. The molecule has 0 spiro atoms. The van der Waals surface area contributed by atoms with Gasteiger partial charge in [-0.15, -0.1) is 11.6 Å². The molecule has 1 amide bonds. The quantitative estimate of drug-likeness (QED) is 0.673. The van der Waals surface area contributed by atoms with Gasteiger partial charge in [-0.25, -0.2) is 0 Å². The molecule has 0 aromatic heterocycles. The van der Waals surface area contributed by atoms with Gasteiger partial charge in [0.05, 0.1) is 0 Å². The molecule has 1 aliphatic carbocycles. The van der Waals surface area contributed by atoms with Gasteiger partial charge in [-0.05, 0) is 25.2 Å². The van der Waals surface area contributed by atoms with E-state index < -0.39 is 0 Å². The number of alkyl halides is 1. The highest BCUT2D eigenvalue weighted by molar-refractivity contribution is 6.17. The number of halogens is 1. The highest BCUT2D eigenvalue weighted by Crippen LogP contribution is 2.26. The summed E-state index contributed by atoms with van der Waals surface area (Å²) < 4.78 is 0. The van der Waals surface area contributed by atoms with E-state index in [0.717, 1.165) is 25.2 Å². The van der Waals surface area contributed by atoms with Crippen molar-refractivity contribution in [1.82, 2.24) is 5.32 Å². The zero-order valence-corrected chi connectivity index (χ0v) is 8.23. The second-order valence-corrected chi connectivity index (χ2v) is 4.01. The van der Waals surface area contributed by atoms with Gasteiger partial charge < -0.3 is 5.32 Å². The smallest absolute Gasteiger partial charge is 0.220 e. The van der Waals surface area contributed by atoms with E-state index >= 15 is 0 Å². The third kappa shape index (κ3) is 3.02. The molecule has 1 N–H and O–H groups in total. The predicted molar refractivity (Wildman–Crippen MR) is 50.3 cm³/mol. The summed E-state index contributed by atoms with van der Waals surface area (Å²) in [6, 6.07) is 0.447. The molecule has 0 aromatic carbocycles. The molecule has 1 fully saturated rings. The lowest BCUT2D eigenvalue weighted by molar-refractivity contribution is -0.122. The van der Waals surface area contributed by atoms with Gasteiger partial charge in [-0.1, -0.05) is 6.92 Å². The minimum atomic E-state index is 0.160. The summed E-state index contributed by atoms with van der Waals surface area (Å²) in [6.07, 6.45) is 3.66. The summed E-state index contributed by atoms with van der Waals surface area (Å²) in [5, 5.41) is 2.98. The second kappa shape index (κ2) is 4.70. The second-order valence-electron chi connectivity index (χ2n) is 3.63. The molecule has 0 unspecified atom stereocenters. The molecule has 1 saturated carbocycles. The molecule has 0 heterocycles. The first-order valence-electron chi connectivity index (χ1n) is 4.57. The lowest BCUT2D eigenvalue weighted by atomic mass is 9.82. The van der Waals surface area contributed by atoms with Gasteiger partial charge in [-0.2, -0.15) is 0 Å². The first-order valence-corrected chi connectivity index (χ1v) is 5.11. The Balaban J connectivity index is 2.03. The van der Waals surface area contributed by atoms with Crippen molar-refractivity contribution < 1.29 is 4.79 Å². The maximum Gasteiger partial charge on any atom is 0.220 e. The van der Waals surface area contributed by atoms with E-state index in [1.165, 1.54) is 0 Å². The van der Waals surface area contributed by atoms with Gasteiger partial charge in [0.25, 0.3) is 0 Å². The van der Waals surface area contributed by atoms with Crippen molar-refractivity contribution in [2.75, 3.05) is 5.88 Å². The zero-order valence-electron chi connectivity index (χ0n) is 7.48. The van der Waals surface area contributed by atoms with E-state index in [1.54, 1.807) is 0 Å². The van der Waals surface area contributed by atoms with Crippen molar-refractivity contribution in [1.29, 1.82) is 0 Å². The molecule has 0 saturated heterocycles. The Morgan fingerprint density at radius 2 is 2.25 bits per heavy atom.